The second-order valence-corrected chi connectivity index (χ2v) is 8.16. The highest BCUT2D eigenvalue weighted by molar-refractivity contribution is 7.90. The maximum atomic E-state index is 13.8. The fraction of sp³-hybridized carbons (Fsp3) is 0.0526. The zero-order chi connectivity index (χ0) is 19.1. The molecule has 3 aromatic rings. The molecule has 26 heavy (non-hydrogen) atoms. The van der Waals surface area contributed by atoms with E-state index in [1.165, 1.54) is 36.4 Å². The molecule has 0 aliphatic carbocycles. The highest BCUT2D eigenvalue weighted by atomic mass is 35.5. The van der Waals surface area contributed by atoms with Crippen LogP contribution < -0.4 is 0 Å². The maximum absolute atomic E-state index is 13.8. The Bertz CT molecular complexity index is 1090. The predicted molar refractivity (Wildman–Crippen MR) is 95.3 cm³/mol. The van der Waals surface area contributed by atoms with Crippen molar-refractivity contribution in [3.05, 3.63) is 77.1 Å². The van der Waals surface area contributed by atoms with E-state index in [9.17, 15) is 21.6 Å². The van der Waals surface area contributed by atoms with E-state index in [0.29, 0.717) is 16.7 Å². The van der Waals surface area contributed by atoms with Gasteiger partial charge in [-0.25, -0.2) is 21.6 Å². The molecular weight excluding hydrogens is 385 g/mol. The van der Waals surface area contributed by atoms with Crippen LogP contribution in [0.15, 0.2) is 59.5 Å². The van der Waals surface area contributed by atoms with Crippen LogP contribution in [0.2, 0.25) is 5.02 Å². The first kappa shape index (κ1) is 18.5. The van der Waals surface area contributed by atoms with Crippen molar-refractivity contribution >= 4 is 21.4 Å². The van der Waals surface area contributed by atoms with E-state index in [1.54, 1.807) is 0 Å². The van der Waals surface area contributed by atoms with Crippen LogP contribution in [0.3, 0.4) is 0 Å². The minimum Gasteiger partial charge on any atom is -0.224 e. The first-order valence-electron chi connectivity index (χ1n) is 7.42. The Labute approximate surface area is 153 Å². The Hall–Kier alpha value is -2.31. The normalized spacial score (nSPS) is 11.6. The monoisotopic (exact) mass is 396 g/mol. The fourth-order valence-corrected chi connectivity index (χ4v) is 3.32. The molecule has 0 unspecified atom stereocenters. The summed E-state index contributed by atoms with van der Waals surface area (Å²) in [5, 5.41) is -0.0876. The summed E-state index contributed by atoms with van der Waals surface area (Å²) >= 11 is 5.68. The standard InChI is InChI=1S/C19H12ClF3O2S/c1-26(24,25)13-5-2-11(3-6-13)14-9-18(22)19(23)10-15(14)12-4-7-16(20)17(21)8-12/h2-10H,1H3. The fourth-order valence-electron chi connectivity index (χ4n) is 2.57. The Kier molecular flexibility index (Phi) is 4.82. The molecule has 0 radical (unpaired) electrons. The van der Waals surface area contributed by atoms with Gasteiger partial charge in [0.15, 0.2) is 21.5 Å². The summed E-state index contributed by atoms with van der Waals surface area (Å²) in [6.45, 7) is 0. The molecular formula is C19H12ClF3O2S. The van der Waals surface area contributed by atoms with Gasteiger partial charge in [-0.05, 0) is 58.7 Å². The van der Waals surface area contributed by atoms with Gasteiger partial charge >= 0.3 is 0 Å². The van der Waals surface area contributed by atoms with Crippen molar-refractivity contribution in [3.8, 4) is 22.3 Å². The molecule has 2 nitrogen and oxygen atoms in total. The van der Waals surface area contributed by atoms with Crippen LogP contribution in [0.4, 0.5) is 13.2 Å². The lowest BCUT2D eigenvalue weighted by Crippen LogP contribution is -1.97. The second-order valence-electron chi connectivity index (χ2n) is 5.74. The third kappa shape index (κ3) is 3.61. The molecule has 0 heterocycles. The van der Waals surface area contributed by atoms with Gasteiger partial charge < -0.3 is 0 Å². The van der Waals surface area contributed by atoms with Crippen LogP contribution in [0.5, 0.6) is 0 Å². The Morgan fingerprint density at radius 2 is 1.23 bits per heavy atom. The third-order valence-electron chi connectivity index (χ3n) is 3.88. The first-order chi connectivity index (χ1) is 12.2. The van der Waals surface area contributed by atoms with Crippen molar-refractivity contribution in [2.45, 2.75) is 4.90 Å². The molecule has 0 N–H and O–H groups in total. The van der Waals surface area contributed by atoms with Gasteiger partial charge in [-0.2, -0.15) is 0 Å². The Morgan fingerprint density at radius 3 is 1.73 bits per heavy atom. The Morgan fingerprint density at radius 1 is 0.731 bits per heavy atom. The molecule has 3 aromatic carbocycles. The highest BCUT2D eigenvalue weighted by Gasteiger charge is 2.15. The van der Waals surface area contributed by atoms with Gasteiger partial charge in [0.2, 0.25) is 0 Å². The van der Waals surface area contributed by atoms with E-state index in [-0.39, 0.29) is 15.5 Å². The lowest BCUT2D eigenvalue weighted by molar-refractivity contribution is 0.509. The van der Waals surface area contributed by atoms with Crippen LogP contribution in [0, 0.1) is 17.5 Å². The molecule has 134 valence electrons. The predicted octanol–water partition coefficient (Wildman–Crippen LogP) is 5.49. The van der Waals surface area contributed by atoms with E-state index in [2.05, 4.69) is 0 Å². The zero-order valence-corrected chi connectivity index (χ0v) is 15.0. The van der Waals surface area contributed by atoms with Crippen molar-refractivity contribution in [2.24, 2.45) is 0 Å². The summed E-state index contributed by atoms with van der Waals surface area (Å²) in [7, 11) is -3.39. The molecule has 0 bridgehead atoms. The van der Waals surface area contributed by atoms with Crippen LogP contribution in [-0.2, 0) is 9.84 Å². The quantitative estimate of drug-likeness (QED) is 0.586. The molecule has 0 aliphatic rings. The lowest BCUT2D eigenvalue weighted by atomic mass is 9.94. The highest BCUT2D eigenvalue weighted by Crippen LogP contribution is 2.35. The van der Waals surface area contributed by atoms with Crippen LogP contribution in [0.1, 0.15) is 0 Å². The molecule has 0 saturated carbocycles. The van der Waals surface area contributed by atoms with Crippen LogP contribution >= 0.6 is 11.6 Å². The van der Waals surface area contributed by atoms with E-state index >= 15 is 0 Å². The molecule has 7 heteroatoms. The molecule has 0 aromatic heterocycles. The van der Waals surface area contributed by atoms with E-state index in [4.69, 9.17) is 11.6 Å². The largest absolute Gasteiger partial charge is 0.224 e. The lowest BCUT2D eigenvalue weighted by Gasteiger charge is -2.12. The molecule has 0 atom stereocenters. The second kappa shape index (κ2) is 6.78. The minimum absolute atomic E-state index is 0.0876. The van der Waals surface area contributed by atoms with Gasteiger partial charge in [0.25, 0.3) is 0 Å². The molecule has 0 aliphatic heterocycles. The molecule has 0 fully saturated rings. The van der Waals surface area contributed by atoms with Gasteiger partial charge in [0.05, 0.1) is 9.92 Å². The topological polar surface area (TPSA) is 34.1 Å². The maximum Gasteiger partial charge on any atom is 0.175 e. The van der Waals surface area contributed by atoms with E-state index in [1.807, 2.05) is 0 Å². The molecule has 0 saturated heterocycles. The van der Waals surface area contributed by atoms with Crippen molar-refractivity contribution in [2.75, 3.05) is 6.26 Å². The van der Waals surface area contributed by atoms with Gasteiger partial charge in [-0.1, -0.05) is 29.8 Å². The smallest absolute Gasteiger partial charge is 0.175 e. The van der Waals surface area contributed by atoms with Gasteiger partial charge in [-0.15, -0.1) is 0 Å². The number of sulfone groups is 1. The number of rotatable bonds is 3. The van der Waals surface area contributed by atoms with Crippen molar-refractivity contribution in [1.82, 2.24) is 0 Å². The summed E-state index contributed by atoms with van der Waals surface area (Å²) in [5.74, 6) is -2.83. The van der Waals surface area contributed by atoms with E-state index in [0.717, 1.165) is 24.5 Å². The third-order valence-corrected chi connectivity index (χ3v) is 5.32. The minimum atomic E-state index is -3.39. The van der Waals surface area contributed by atoms with Crippen molar-refractivity contribution in [1.29, 1.82) is 0 Å². The first-order valence-corrected chi connectivity index (χ1v) is 9.69. The van der Waals surface area contributed by atoms with Crippen LogP contribution in [0.25, 0.3) is 22.3 Å². The van der Waals surface area contributed by atoms with Gasteiger partial charge in [0.1, 0.15) is 5.82 Å². The van der Waals surface area contributed by atoms with E-state index < -0.39 is 27.3 Å². The molecule has 3 rings (SSSR count). The van der Waals surface area contributed by atoms with Crippen molar-refractivity contribution < 1.29 is 21.6 Å². The molecule has 0 spiro atoms. The number of halogens is 4. The summed E-state index contributed by atoms with van der Waals surface area (Å²) in [6, 6.07) is 11.6. The summed E-state index contributed by atoms with van der Waals surface area (Å²) < 4.78 is 64.5. The average molecular weight is 397 g/mol. The molecule has 0 amide bonds. The Balaban J connectivity index is 2.20. The SMILES string of the molecule is CS(=O)(=O)c1ccc(-c2cc(F)c(F)cc2-c2ccc(Cl)c(F)c2)cc1. The number of benzene rings is 3. The number of hydrogen-bond acceptors (Lipinski definition) is 2. The summed E-state index contributed by atoms with van der Waals surface area (Å²) in [5.41, 5.74) is 1.33. The van der Waals surface area contributed by atoms with Crippen LogP contribution in [-0.4, -0.2) is 14.7 Å². The average Bonchev–Trinajstić information content (AvgIpc) is 2.59. The van der Waals surface area contributed by atoms with Gasteiger partial charge in [0, 0.05) is 6.26 Å². The van der Waals surface area contributed by atoms with Crippen molar-refractivity contribution in [3.63, 3.8) is 0 Å². The zero-order valence-electron chi connectivity index (χ0n) is 13.4. The number of hydrogen-bond donors (Lipinski definition) is 0. The van der Waals surface area contributed by atoms with Gasteiger partial charge in [-0.3, -0.25) is 0 Å². The summed E-state index contributed by atoms with van der Waals surface area (Å²) in [6.07, 6.45) is 1.07. The summed E-state index contributed by atoms with van der Waals surface area (Å²) in [4.78, 5) is 0.0999.